The molecule has 0 spiro atoms. The molecule has 0 aliphatic carbocycles. The van der Waals surface area contributed by atoms with Gasteiger partial charge in [0.15, 0.2) is 0 Å². The van der Waals surface area contributed by atoms with Crippen LogP contribution < -0.4 is 5.32 Å². The van der Waals surface area contributed by atoms with E-state index in [0.29, 0.717) is 6.04 Å². The van der Waals surface area contributed by atoms with Crippen molar-refractivity contribution in [2.24, 2.45) is 0 Å². The molecule has 1 rings (SSSR count). The number of furan rings is 1. The van der Waals surface area contributed by atoms with E-state index < -0.39 is 0 Å². The minimum Gasteiger partial charge on any atom is -0.469 e. The van der Waals surface area contributed by atoms with E-state index in [9.17, 15) is 0 Å². The molecule has 0 amide bonds. The maximum absolute atomic E-state index is 5.51. The molecule has 1 aromatic heterocycles. The highest BCUT2D eigenvalue weighted by atomic mass is 16.5. The van der Waals surface area contributed by atoms with Crippen molar-refractivity contribution in [3.05, 3.63) is 24.2 Å². The van der Waals surface area contributed by atoms with Crippen LogP contribution in [0.15, 0.2) is 22.8 Å². The van der Waals surface area contributed by atoms with Crippen LogP contribution in [-0.4, -0.2) is 25.8 Å². The Bertz CT molecular complexity index is 246. The van der Waals surface area contributed by atoms with Gasteiger partial charge in [0.05, 0.1) is 6.26 Å². The fourth-order valence-electron chi connectivity index (χ4n) is 1.71. The highest BCUT2D eigenvalue weighted by molar-refractivity contribution is 5.00. The van der Waals surface area contributed by atoms with Gasteiger partial charge in [0.1, 0.15) is 5.76 Å². The lowest BCUT2D eigenvalue weighted by Crippen LogP contribution is -2.32. The third kappa shape index (κ3) is 5.33. The summed E-state index contributed by atoms with van der Waals surface area (Å²) in [5, 5.41) is 3.46. The quantitative estimate of drug-likeness (QED) is 0.656. The summed E-state index contributed by atoms with van der Waals surface area (Å²) in [4.78, 5) is 0. The monoisotopic (exact) mass is 225 g/mol. The standard InChI is InChI=1S/C13H23NO2/c1-3-8-15-10-7-12(14-4-2)11-13-6-5-9-16-13/h5-6,9,12,14H,3-4,7-8,10-11H2,1-2H3. The molecule has 0 radical (unpaired) electrons. The topological polar surface area (TPSA) is 34.4 Å². The van der Waals surface area contributed by atoms with Gasteiger partial charge in [0.2, 0.25) is 0 Å². The van der Waals surface area contributed by atoms with Crippen molar-refractivity contribution in [2.45, 2.75) is 39.2 Å². The van der Waals surface area contributed by atoms with Crippen LogP contribution in [0.2, 0.25) is 0 Å². The first kappa shape index (κ1) is 13.3. The molecule has 0 aromatic carbocycles. The summed E-state index contributed by atoms with van der Waals surface area (Å²) < 4.78 is 10.9. The molecule has 0 aliphatic heterocycles. The van der Waals surface area contributed by atoms with E-state index >= 15 is 0 Å². The molecule has 0 aliphatic rings. The zero-order valence-corrected chi connectivity index (χ0v) is 10.4. The summed E-state index contributed by atoms with van der Waals surface area (Å²) in [5.41, 5.74) is 0. The van der Waals surface area contributed by atoms with Gasteiger partial charge in [-0.25, -0.2) is 0 Å². The molecule has 1 heterocycles. The summed E-state index contributed by atoms with van der Waals surface area (Å²) in [6.07, 6.45) is 4.79. The van der Waals surface area contributed by atoms with Gasteiger partial charge in [-0.1, -0.05) is 13.8 Å². The van der Waals surface area contributed by atoms with E-state index in [2.05, 4.69) is 19.2 Å². The van der Waals surface area contributed by atoms with Crippen LogP contribution in [0.3, 0.4) is 0 Å². The average molecular weight is 225 g/mol. The van der Waals surface area contributed by atoms with Gasteiger partial charge >= 0.3 is 0 Å². The van der Waals surface area contributed by atoms with Crippen molar-refractivity contribution in [1.82, 2.24) is 5.32 Å². The predicted octanol–water partition coefficient (Wildman–Crippen LogP) is 2.62. The van der Waals surface area contributed by atoms with E-state index in [4.69, 9.17) is 9.15 Å². The smallest absolute Gasteiger partial charge is 0.105 e. The van der Waals surface area contributed by atoms with Gasteiger partial charge in [-0.05, 0) is 31.5 Å². The summed E-state index contributed by atoms with van der Waals surface area (Å²) in [6.45, 7) is 6.93. The van der Waals surface area contributed by atoms with Gasteiger partial charge in [-0.3, -0.25) is 0 Å². The lowest BCUT2D eigenvalue weighted by atomic mass is 10.1. The first-order valence-electron chi connectivity index (χ1n) is 6.20. The Balaban J connectivity index is 2.24. The van der Waals surface area contributed by atoms with E-state index in [1.54, 1.807) is 6.26 Å². The minimum atomic E-state index is 0.452. The maximum atomic E-state index is 5.51. The highest BCUT2D eigenvalue weighted by Crippen LogP contribution is 2.07. The average Bonchev–Trinajstić information content (AvgIpc) is 2.77. The molecule has 3 heteroatoms. The Morgan fingerprint density at radius 2 is 2.25 bits per heavy atom. The molecule has 0 fully saturated rings. The summed E-state index contributed by atoms with van der Waals surface area (Å²) >= 11 is 0. The van der Waals surface area contributed by atoms with Crippen LogP contribution in [-0.2, 0) is 11.2 Å². The zero-order valence-electron chi connectivity index (χ0n) is 10.4. The molecule has 0 saturated carbocycles. The van der Waals surface area contributed by atoms with Gasteiger partial charge < -0.3 is 14.5 Å². The van der Waals surface area contributed by atoms with Crippen molar-refractivity contribution in [3.8, 4) is 0 Å². The Kier molecular flexibility index (Phi) is 6.93. The first-order valence-corrected chi connectivity index (χ1v) is 6.20. The SMILES string of the molecule is CCCOCCC(Cc1ccco1)NCC. The molecule has 3 nitrogen and oxygen atoms in total. The van der Waals surface area contributed by atoms with Crippen LogP contribution in [0, 0.1) is 0 Å². The second-order valence-electron chi connectivity index (χ2n) is 3.94. The number of ether oxygens (including phenoxy) is 1. The lowest BCUT2D eigenvalue weighted by molar-refractivity contribution is 0.124. The fourth-order valence-corrected chi connectivity index (χ4v) is 1.71. The van der Waals surface area contributed by atoms with Gasteiger partial charge in [0, 0.05) is 25.7 Å². The van der Waals surface area contributed by atoms with Crippen molar-refractivity contribution in [3.63, 3.8) is 0 Å². The maximum Gasteiger partial charge on any atom is 0.105 e. The molecule has 92 valence electrons. The summed E-state index contributed by atoms with van der Waals surface area (Å²) in [6, 6.07) is 4.41. The third-order valence-electron chi connectivity index (χ3n) is 2.48. The van der Waals surface area contributed by atoms with Crippen LogP contribution in [0.1, 0.15) is 32.4 Å². The lowest BCUT2D eigenvalue weighted by Gasteiger charge is -2.16. The van der Waals surface area contributed by atoms with Crippen molar-refractivity contribution >= 4 is 0 Å². The molecule has 1 aromatic rings. The van der Waals surface area contributed by atoms with Crippen molar-refractivity contribution in [1.29, 1.82) is 0 Å². The predicted molar refractivity (Wildman–Crippen MR) is 65.6 cm³/mol. The Morgan fingerprint density at radius 1 is 1.38 bits per heavy atom. The van der Waals surface area contributed by atoms with Crippen LogP contribution in [0.25, 0.3) is 0 Å². The molecular weight excluding hydrogens is 202 g/mol. The molecule has 1 unspecified atom stereocenters. The van der Waals surface area contributed by atoms with Crippen LogP contribution in [0.4, 0.5) is 0 Å². The number of likely N-dealkylation sites (N-methyl/N-ethyl adjacent to an activating group) is 1. The van der Waals surface area contributed by atoms with E-state index in [0.717, 1.165) is 44.8 Å². The zero-order chi connectivity index (χ0) is 11.6. The number of hydrogen-bond donors (Lipinski definition) is 1. The molecule has 1 atom stereocenters. The largest absolute Gasteiger partial charge is 0.469 e. The number of nitrogens with one attached hydrogen (secondary N) is 1. The highest BCUT2D eigenvalue weighted by Gasteiger charge is 2.09. The molecule has 16 heavy (non-hydrogen) atoms. The van der Waals surface area contributed by atoms with E-state index in [1.807, 2.05) is 12.1 Å². The second-order valence-corrected chi connectivity index (χ2v) is 3.94. The normalized spacial score (nSPS) is 12.9. The Hall–Kier alpha value is -0.800. The van der Waals surface area contributed by atoms with E-state index in [-0.39, 0.29) is 0 Å². The first-order chi connectivity index (χ1) is 7.86. The molecular formula is C13H23NO2. The number of rotatable bonds is 9. The fraction of sp³-hybridized carbons (Fsp3) is 0.692. The van der Waals surface area contributed by atoms with Gasteiger partial charge in [0.25, 0.3) is 0 Å². The van der Waals surface area contributed by atoms with Crippen LogP contribution in [0.5, 0.6) is 0 Å². The summed E-state index contributed by atoms with van der Waals surface area (Å²) in [5.74, 6) is 1.04. The summed E-state index contributed by atoms with van der Waals surface area (Å²) in [7, 11) is 0. The van der Waals surface area contributed by atoms with Crippen LogP contribution >= 0.6 is 0 Å². The molecule has 1 N–H and O–H groups in total. The Morgan fingerprint density at radius 3 is 2.88 bits per heavy atom. The number of hydrogen-bond acceptors (Lipinski definition) is 3. The van der Waals surface area contributed by atoms with Gasteiger partial charge in [-0.2, -0.15) is 0 Å². The second kappa shape index (κ2) is 8.36. The van der Waals surface area contributed by atoms with Crippen molar-refractivity contribution < 1.29 is 9.15 Å². The molecule has 0 saturated heterocycles. The third-order valence-corrected chi connectivity index (χ3v) is 2.48. The molecule has 0 bridgehead atoms. The van der Waals surface area contributed by atoms with Gasteiger partial charge in [-0.15, -0.1) is 0 Å². The van der Waals surface area contributed by atoms with Crippen molar-refractivity contribution in [2.75, 3.05) is 19.8 Å². The Labute approximate surface area is 98.2 Å². The van der Waals surface area contributed by atoms with E-state index in [1.165, 1.54) is 0 Å². The minimum absolute atomic E-state index is 0.452.